The Labute approximate surface area is 168 Å². The van der Waals surface area contributed by atoms with Crippen molar-refractivity contribution in [2.45, 2.75) is 0 Å². The molecule has 0 bridgehead atoms. The largest absolute Gasteiger partial charge is 0.508 e. The third kappa shape index (κ3) is 4.45. The Bertz CT molecular complexity index is 1210. The summed E-state index contributed by atoms with van der Waals surface area (Å²) >= 11 is 0. The van der Waals surface area contributed by atoms with E-state index in [0.29, 0.717) is 5.56 Å². The Morgan fingerprint density at radius 1 is 0.724 bits per heavy atom. The van der Waals surface area contributed by atoms with Crippen LogP contribution in [-0.4, -0.2) is 16.1 Å². The van der Waals surface area contributed by atoms with E-state index in [9.17, 15) is 15.0 Å². The molecule has 0 heterocycles. The first kappa shape index (κ1) is 18.3. The van der Waals surface area contributed by atoms with Crippen LogP contribution in [0.5, 0.6) is 11.5 Å². The summed E-state index contributed by atoms with van der Waals surface area (Å²) in [6, 6.07) is 25.5. The lowest BCUT2D eigenvalue weighted by molar-refractivity contribution is -0.111. The summed E-state index contributed by atoms with van der Waals surface area (Å²) < 4.78 is 0. The fourth-order valence-corrected chi connectivity index (χ4v) is 3.19. The molecular formula is C25H19NO3. The summed E-state index contributed by atoms with van der Waals surface area (Å²) in [5, 5.41) is 24.5. The number of rotatable bonds is 4. The van der Waals surface area contributed by atoms with E-state index in [1.165, 1.54) is 6.08 Å². The van der Waals surface area contributed by atoms with E-state index in [1.807, 2.05) is 60.7 Å². The third-order valence-electron chi connectivity index (χ3n) is 4.57. The number of carbonyl (C=O) groups excluding carboxylic acids is 1. The van der Waals surface area contributed by atoms with E-state index in [4.69, 9.17) is 0 Å². The predicted molar refractivity (Wildman–Crippen MR) is 117 cm³/mol. The maximum Gasteiger partial charge on any atom is 0.248 e. The quantitative estimate of drug-likeness (QED) is 0.405. The summed E-state index contributed by atoms with van der Waals surface area (Å²) in [5.41, 5.74) is 3.21. The average molecular weight is 381 g/mol. The number of phenolic OH excluding ortho intramolecular Hbond substituents is 2. The SMILES string of the molecule is O=C(C=Cc1cc(O)cc(-c2ccc3cc(O)ccc3c2)c1)Nc1ccccc1. The maximum absolute atomic E-state index is 12.1. The predicted octanol–water partition coefficient (Wildman–Crippen LogP) is 5.57. The van der Waals surface area contributed by atoms with Crippen molar-refractivity contribution in [3.8, 4) is 22.6 Å². The van der Waals surface area contributed by atoms with Gasteiger partial charge in [-0.3, -0.25) is 4.79 Å². The molecule has 0 atom stereocenters. The Hall–Kier alpha value is -4.05. The summed E-state index contributed by atoms with van der Waals surface area (Å²) in [7, 11) is 0. The Morgan fingerprint density at radius 3 is 2.31 bits per heavy atom. The second-order valence-corrected chi connectivity index (χ2v) is 6.75. The fourth-order valence-electron chi connectivity index (χ4n) is 3.19. The lowest BCUT2D eigenvalue weighted by atomic mass is 9.99. The van der Waals surface area contributed by atoms with Crippen LogP contribution in [-0.2, 0) is 4.79 Å². The molecule has 29 heavy (non-hydrogen) atoms. The van der Waals surface area contributed by atoms with Crippen molar-refractivity contribution < 1.29 is 15.0 Å². The average Bonchev–Trinajstić information content (AvgIpc) is 2.72. The first-order valence-corrected chi connectivity index (χ1v) is 9.18. The molecule has 4 heteroatoms. The van der Waals surface area contributed by atoms with Crippen molar-refractivity contribution in [1.29, 1.82) is 0 Å². The van der Waals surface area contributed by atoms with Crippen molar-refractivity contribution >= 4 is 28.4 Å². The van der Waals surface area contributed by atoms with Gasteiger partial charge in [-0.2, -0.15) is 0 Å². The van der Waals surface area contributed by atoms with Crippen LogP contribution in [0.2, 0.25) is 0 Å². The van der Waals surface area contributed by atoms with E-state index in [1.54, 1.807) is 30.3 Å². The summed E-state index contributed by atoms with van der Waals surface area (Å²) in [6.45, 7) is 0. The van der Waals surface area contributed by atoms with Crippen LogP contribution in [0.15, 0.2) is 91.0 Å². The number of anilines is 1. The highest BCUT2D eigenvalue weighted by Crippen LogP contribution is 2.30. The normalized spacial score (nSPS) is 11.0. The van der Waals surface area contributed by atoms with Crippen molar-refractivity contribution in [1.82, 2.24) is 0 Å². The molecule has 0 saturated carbocycles. The van der Waals surface area contributed by atoms with Gasteiger partial charge in [-0.15, -0.1) is 0 Å². The number of hydrogen-bond donors (Lipinski definition) is 3. The van der Waals surface area contributed by atoms with E-state index in [2.05, 4.69) is 5.32 Å². The zero-order chi connectivity index (χ0) is 20.2. The van der Waals surface area contributed by atoms with Crippen LogP contribution < -0.4 is 5.32 Å². The zero-order valence-corrected chi connectivity index (χ0v) is 15.5. The molecule has 0 radical (unpaired) electrons. The molecule has 1 amide bonds. The van der Waals surface area contributed by atoms with Crippen LogP contribution in [0.25, 0.3) is 28.0 Å². The fraction of sp³-hybridized carbons (Fsp3) is 0. The van der Waals surface area contributed by atoms with E-state index < -0.39 is 0 Å². The molecule has 0 unspecified atom stereocenters. The van der Waals surface area contributed by atoms with E-state index in [0.717, 1.165) is 27.6 Å². The first-order chi connectivity index (χ1) is 14.1. The van der Waals surface area contributed by atoms with Gasteiger partial charge in [-0.05, 0) is 82.1 Å². The van der Waals surface area contributed by atoms with Crippen LogP contribution >= 0.6 is 0 Å². The van der Waals surface area contributed by atoms with Crippen LogP contribution in [0, 0.1) is 0 Å². The lowest BCUT2D eigenvalue weighted by Gasteiger charge is -2.07. The van der Waals surface area contributed by atoms with Crippen molar-refractivity contribution in [3.05, 3.63) is 96.6 Å². The van der Waals surface area contributed by atoms with E-state index >= 15 is 0 Å². The molecule has 4 nitrogen and oxygen atoms in total. The van der Waals surface area contributed by atoms with Gasteiger partial charge in [0, 0.05) is 11.8 Å². The Kier molecular flexibility index (Phi) is 4.99. The highest BCUT2D eigenvalue weighted by molar-refractivity contribution is 6.02. The molecule has 0 aliphatic carbocycles. The van der Waals surface area contributed by atoms with Crippen LogP contribution in [0.4, 0.5) is 5.69 Å². The standard InChI is InChI=1S/C25H19NO3/c27-23-10-9-18-14-19(7-8-20(18)15-23)21-12-17(13-24(28)16-21)6-11-25(29)26-22-4-2-1-3-5-22/h1-16,27-28H,(H,26,29). The molecule has 4 aromatic carbocycles. The number of fused-ring (bicyclic) bond motifs is 1. The summed E-state index contributed by atoms with van der Waals surface area (Å²) in [5.74, 6) is 0.104. The molecule has 142 valence electrons. The van der Waals surface area contributed by atoms with Gasteiger partial charge < -0.3 is 15.5 Å². The smallest absolute Gasteiger partial charge is 0.248 e. The maximum atomic E-state index is 12.1. The lowest BCUT2D eigenvalue weighted by Crippen LogP contribution is -2.07. The minimum atomic E-state index is -0.244. The Morgan fingerprint density at radius 2 is 1.48 bits per heavy atom. The number of carbonyl (C=O) groups is 1. The van der Waals surface area contributed by atoms with Crippen LogP contribution in [0.1, 0.15) is 5.56 Å². The number of benzene rings is 4. The Balaban J connectivity index is 1.59. The molecule has 4 rings (SSSR count). The molecule has 0 saturated heterocycles. The first-order valence-electron chi connectivity index (χ1n) is 9.18. The van der Waals surface area contributed by atoms with Gasteiger partial charge in [0.2, 0.25) is 5.91 Å². The topological polar surface area (TPSA) is 69.6 Å². The third-order valence-corrected chi connectivity index (χ3v) is 4.57. The minimum absolute atomic E-state index is 0.122. The molecule has 0 aliphatic heterocycles. The second kappa shape index (κ2) is 7.90. The molecule has 0 aliphatic rings. The zero-order valence-electron chi connectivity index (χ0n) is 15.5. The van der Waals surface area contributed by atoms with Crippen molar-refractivity contribution in [2.75, 3.05) is 5.32 Å². The minimum Gasteiger partial charge on any atom is -0.508 e. The number of amides is 1. The molecule has 0 aromatic heterocycles. The molecular weight excluding hydrogens is 362 g/mol. The molecule has 4 aromatic rings. The van der Waals surface area contributed by atoms with Gasteiger partial charge in [0.1, 0.15) is 11.5 Å². The van der Waals surface area contributed by atoms with Crippen molar-refractivity contribution in [2.24, 2.45) is 0 Å². The summed E-state index contributed by atoms with van der Waals surface area (Å²) in [6.07, 6.45) is 3.11. The van der Waals surface area contributed by atoms with Gasteiger partial charge in [-0.25, -0.2) is 0 Å². The van der Waals surface area contributed by atoms with Gasteiger partial charge in [0.05, 0.1) is 0 Å². The number of para-hydroxylation sites is 1. The molecule has 0 fully saturated rings. The number of phenols is 2. The van der Waals surface area contributed by atoms with Gasteiger partial charge >= 0.3 is 0 Å². The van der Waals surface area contributed by atoms with Crippen molar-refractivity contribution in [3.63, 3.8) is 0 Å². The van der Waals surface area contributed by atoms with Crippen LogP contribution in [0.3, 0.4) is 0 Å². The van der Waals surface area contributed by atoms with E-state index in [-0.39, 0.29) is 17.4 Å². The highest BCUT2D eigenvalue weighted by Gasteiger charge is 2.05. The highest BCUT2D eigenvalue weighted by atomic mass is 16.3. The second-order valence-electron chi connectivity index (χ2n) is 6.75. The van der Waals surface area contributed by atoms with Gasteiger partial charge in [-0.1, -0.05) is 36.4 Å². The summed E-state index contributed by atoms with van der Waals surface area (Å²) in [4.78, 5) is 12.1. The molecule has 0 spiro atoms. The number of aromatic hydroxyl groups is 2. The number of hydrogen-bond acceptors (Lipinski definition) is 3. The monoisotopic (exact) mass is 381 g/mol. The number of nitrogens with one attached hydrogen (secondary N) is 1. The molecule has 3 N–H and O–H groups in total. The van der Waals surface area contributed by atoms with Gasteiger partial charge in [0.25, 0.3) is 0 Å². The van der Waals surface area contributed by atoms with Gasteiger partial charge in [0.15, 0.2) is 0 Å².